The first-order valence-electron chi connectivity index (χ1n) is 10.8. The fraction of sp³-hybridized carbons (Fsp3) is 0.652. The van der Waals surface area contributed by atoms with Crippen LogP contribution in [0.15, 0.2) is 18.2 Å². The molecule has 0 spiro atoms. The van der Waals surface area contributed by atoms with Gasteiger partial charge in [0.05, 0.1) is 11.6 Å². The molecule has 1 unspecified atom stereocenters. The van der Waals surface area contributed by atoms with Gasteiger partial charge in [-0.05, 0) is 55.7 Å². The van der Waals surface area contributed by atoms with Crippen molar-refractivity contribution in [3.63, 3.8) is 0 Å². The van der Waals surface area contributed by atoms with Crippen molar-refractivity contribution in [1.82, 2.24) is 10.6 Å². The largest absolute Gasteiger partial charge is 0.342 e. The molecule has 0 bridgehead atoms. The van der Waals surface area contributed by atoms with Gasteiger partial charge in [-0.15, -0.1) is 0 Å². The van der Waals surface area contributed by atoms with Crippen LogP contribution in [0.2, 0.25) is 0 Å². The van der Waals surface area contributed by atoms with Crippen molar-refractivity contribution in [3.8, 4) is 0 Å². The summed E-state index contributed by atoms with van der Waals surface area (Å²) >= 11 is 0. The predicted octanol–water partition coefficient (Wildman–Crippen LogP) is 4.69. The molecule has 2 N–H and O–H groups in total. The highest BCUT2D eigenvalue weighted by Crippen LogP contribution is 2.30. The summed E-state index contributed by atoms with van der Waals surface area (Å²) in [6.07, 6.45) is 7.17. The van der Waals surface area contributed by atoms with Crippen molar-refractivity contribution >= 4 is 11.7 Å². The maximum absolute atomic E-state index is 15.2. The maximum atomic E-state index is 15.2. The number of piperidine rings is 1. The molecule has 4 nitrogen and oxygen atoms in total. The highest BCUT2D eigenvalue weighted by molar-refractivity contribution is 5.98. The third-order valence-corrected chi connectivity index (χ3v) is 6.29. The number of Topliss-reactive ketones (excluding diaryl/α,β-unsaturated/α-hetero) is 1. The second kappa shape index (κ2) is 9.64. The van der Waals surface area contributed by atoms with Crippen molar-refractivity contribution in [2.24, 2.45) is 11.8 Å². The second-order valence-electron chi connectivity index (χ2n) is 8.66. The molecule has 2 atom stereocenters. The number of hydrogen-bond acceptors (Lipinski definition) is 3. The minimum Gasteiger partial charge on any atom is -0.342 e. The van der Waals surface area contributed by atoms with E-state index < -0.39 is 17.8 Å². The van der Waals surface area contributed by atoms with E-state index in [1.807, 2.05) is 13.8 Å². The summed E-state index contributed by atoms with van der Waals surface area (Å²) in [6, 6.07) is 4.54. The van der Waals surface area contributed by atoms with Gasteiger partial charge in [-0.25, -0.2) is 4.39 Å². The molecule has 1 aliphatic heterocycles. The van der Waals surface area contributed by atoms with E-state index in [0.717, 1.165) is 51.6 Å². The van der Waals surface area contributed by atoms with Crippen LogP contribution in [0.5, 0.6) is 0 Å². The summed E-state index contributed by atoms with van der Waals surface area (Å²) in [5, 5.41) is 6.21. The number of ketones is 1. The normalized spacial score (nSPS) is 22.1. The lowest BCUT2D eigenvalue weighted by Crippen LogP contribution is -2.48. The highest BCUT2D eigenvalue weighted by Gasteiger charge is 2.33. The van der Waals surface area contributed by atoms with Crippen LogP contribution < -0.4 is 10.6 Å². The number of rotatable bonds is 6. The van der Waals surface area contributed by atoms with E-state index in [0.29, 0.717) is 5.56 Å². The number of nitrogens with one attached hydrogen (secondary N) is 2. The van der Waals surface area contributed by atoms with Crippen LogP contribution in [-0.4, -0.2) is 30.8 Å². The first-order valence-corrected chi connectivity index (χ1v) is 10.8. The Labute approximate surface area is 170 Å². The molecule has 1 amide bonds. The third-order valence-electron chi connectivity index (χ3n) is 6.29. The molecule has 1 aromatic carbocycles. The molecule has 5 heteroatoms. The van der Waals surface area contributed by atoms with Crippen LogP contribution >= 0.6 is 0 Å². The Morgan fingerprint density at radius 3 is 2.54 bits per heavy atom. The summed E-state index contributed by atoms with van der Waals surface area (Å²) < 4.78 is 15.2. The average molecular weight is 393 g/mol. The van der Waals surface area contributed by atoms with Crippen molar-refractivity contribution in [2.45, 2.75) is 70.8 Å². The van der Waals surface area contributed by atoms with Gasteiger partial charge in [0.2, 0.25) is 0 Å². The maximum Gasteiger partial charge on any atom is 0.254 e. The zero-order valence-corrected chi connectivity index (χ0v) is 17.1. The number of halogens is 1. The summed E-state index contributed by atoms with van der Waals surface area (Å²) in [5.74, 6) is -0.764. The van der Waals surface area contributed by atoms with Crippen LogP contribution in [0, 0.1) is 17.7 Å². The smallest absolute Gasteiger partial charge is 0.254 e. The van der Waals surface area contributed by atoms with E-state index >= 15 is 4.39 Å². The molecule has 1 aliphatic carbocycles. The van der Waals surface area contributed by atoms with Gasteiger partial charge in [0, 0.05) is 15.3 Å². The lowest BCUT2D eigenvalue weighted by Gasteiger charge is -2.31. The van der Waals surface area contributed by atoms with E-state index in [-0.39, 0.29) is 32.0 Å². The summed E-state index contributed by atoms with van der Waals surface area (Å²) in [5.41, 5.74) is 0.657. The summed E-state index contributed by atoms with van der Waals surface area (Å²) in [6.45, 7) is 5.42. The standard InChI is InChI=1S/C23H33FN2O2.2H2/c1-15(2)22(27)21(16-8-4-3-5-9-16)26-23(28)19-12-6-11-18(20(19)24)17-10-7-13-25-14-17;;/h6,11-12,15-17,21,25H,3-5,7-10,13-14H2,1-2H3,(H,26,28);2*1H/t17?,21-;;/m1../s1. The quantitative estimate of drug-likeness (QED) is 0.738. The van der Waals surface area contributed by atoms with Crippen LogP contribution in [0.1, 0.15) is 83.5 Å². The molecular formula is C23H37FN2O2. The topological polar surface area (TPSA) is 58.2 Å². The van der Waals surface area contributed by atoms with Gasteiger partial charge >= 0.3 is 0 Å². The summed E-state index contributed by atoms with van der Waals surface area (Å²) in [7, 11) is 0. The van der Waals surface area contributed by atoms with Crippen molar-refractivity contribution in [3.05, 3.63) is 35.1 Å². The fourth-order valence-electron chi connectivity index (χ4n) is 4.62. The van der Waals surface area contributed by atoms with E-state index in [9.17, 15) is 9.59 Å². The molecule has 1 heterocycles. The molecule has 2 aliphatic rings. The highest BCUT2D eigenvalue weighted by atomic mass is 19.1. The zero-order valence-electron chi connectivity index (χ0n) is 17.1. The average Bonchev–Trinajstić information content (AvgIpc) is 2.72. The Morgan fingerprint density at radius 1 is 1.14 bits per heavy atom. The molecule has 1 aromatic rings. The molecule has 2 fully saturated rings. The van der Waals surface area contributed by atoms with Crippen molar-refractivity contribution < 1.29 is 16.8 Å². The first-order chi connectivity index (χ1) is 13.5. The van der Waals surface area contributed by atoms with Crippen LogP contribution in [0.4, 0.5) is 4.39 Å². The Hall–Kier alpha value is -1.75. The minimum absolute atomic E-state index is 0. The monoisotopic (exact) mass is 392 g/mol. The molecular weight excluding hydrogens is 355 g/mol. The first kappa shape index (κ1) is 21.0. The van der Waals surface area contributed by atoms with Crippen LogP contribution in [-0.2, 0) is 4.79 Å². The second-order valence-corrected chi connectivity index (χ2v) is 8.66. The van der Waals surface area contributed by atoms with E-state index in [4.69, 9.17) is 0 Å². The lowest BCUT2D eigenvalue weighted by atomic mass is 9.80. The summed E-state index contributed by atoms with van der Waals surface area (Å²) in [4.78, 5) is 25.8. The minimum atomic E-state index is -0.521. The molecule has 1 saturated carbocycles. The SMILES string of the molecule is CC(C)C(=O)[C@H](NC(=O)c1cccc(C2CCCNC2)c1F)C1CCCCC1.[HH].[HH]. The molecule has 3 rings (SSSR count). The van der Waals surface area contributed by atoms with Gasteiger partial charge in [0.1, 0.15) is 5.82 Å². The number of amides is 1. The zero-order chi connectivity index (χ0) is 20.1. The molecule has 158 valence electrons. The lowest BCUT2D eigenvalue weighted by molar-refractivity contribution is -0.125. The number of carbonyl (C=O) groups is 2. The van der Waals surface area contributed by atoms with Gasteiger partial charge in [-0.3, -0.25) is 9.59 Å². The van der Waals surface area contributed by atoms with Crippen molar-refractivity contribution in [2.75, 3.05) is 13.1 Å². The molecule has 1 saturated heterocycles. The van der Waals surface area contributed by atoms with E-state index in [1.54, 1.807) is 12.1 Å². The van der Waals surface area contributed by atoms with Crippen LogP contribution in [0.3, 0.4) is 0 Å². The van der Waals surface area contributed by atoms with Gasteiger partial charge in [-0.2, -0.15) is 0 Å². The third kappa shape index (κ3) is 4.80. The van der Waals surface area contributed by atoms with Crippen molar-refractivity contribution in [1.29, 1.82) is 0 Å². The van der Waals surface area contributed by atoms with Gasteiger partial charge in [-0.1, -0.05) is 45.2 Å². The number of carbonyl (C=O) groups excluding carboxylic acids is 2. The Morgan fingerprint density at radius 2 is 1.89 bits per heavy atom. The molecule has 0 aromatic heterocycles. The predicted molar refractivity (Wildman–Crippen MR) is 113 cm³/mol. The molecule has 28 heavy (non-hydrogen) atoms. The van der Waals surface area contributed by atoms with Gasteiger partial charge in [0.15, 0.2) is 5.78 Å². The van der Waals surface area contributed by atoms with E-state index in [1.165, 1.54) is 12.5 Å². The Bertz CT molecular complexity index is 702. The number of benzene rings is 1. The number of hydrogen-bond donors (Lipinski definition) is 2. The van der Waals surface area contributed by atoms with Gasteiger partial charge in [0.25, 0.3) is 5.91 Å². The molecule has 0 radical (unpaired) electrons. The van der Waals surface area contributed by atoms with E-state index in [2.05, 4.69) is 10.6 Å². The van der Waals surface area contributed by atoms with Crippen LogP contribution in [0.25, 0.3) is 0 Å². The fourth-order valence-corrected chi connectivity index (χ4v) is 4.62. The Balaban J connectivity index is 0.00000225. The Kier molecular flexibility index (Phi) is 7.22. The van der Waals surface area contributed by atoms with Gasteiger partial charge < -0.3 is 10.6 Å².